The number of fused-ring (bicyclic) bond motifs is 2. The minimum Gasteiger partial charge on any atom is -0.355 e. The van der Waals surface area contributed by atoms with E-state index in [0.29, 0.717) is 5.92 Å². The second-order valence-corrected chi connectivity index (χ2v) is 17.7. The van der Waals surface area contributed by atoms with E-state index in [-0.39, 0.29) is 5.41 Å². The molecular formula is C61H65N. The van der Waals surface area contributed by atoms with Gasteiger partial charge in [-0.15, -0.1) is 0 Å². The van der Waals surface area contributed by atoms with Crippen molar-refractivity contribution in [1.82, 2.24) is 0 Å². The van der Waals surface area contributed by atoms with Gasteiger partial charge in [0.25, 0.3) is 0 Å². The fourth-order valence-corrected chi connectivity index (χ4v) is 10.5. The van der Waals surface area contributed by atoms with E-state index in [1.165, 1.54) is 89.1 Å². The molecule has 0 fully saturated rings. The number of anilines is 2. The Morgan fingerprint density at radius 2 is 1.63 bits per heavy atom. The zero-order valence-corrected chi connectivity index (χ0v) is 38.5. The van der Waals surface area contributed by atoms with Crippen molar-refractivity contribution in [2.45, 2.75) is 92.9 Å². The topological polar surface area (TPSA) is 12.0 Å². The standard InChI is InChI=1S/C61H65N/c1-12-23-44(29-30-46-36-42(8)52(24-13-2)50(15-4)49(46)14-3)35-41(7)55-38-45(31-34-58(55)62-48-26-20-18-21-27-48)47-37-43(9)60-56(39-47)59-51(16-5)54(32-33-57(59)61(60,10)11)53-28-22-17-19-25-40(53)6/h12-16,18-28,30-31,34-35,37-39,42,62H,4-5,7,17,29,32-33,36H2,1-3,6,8-11H3/b23-12-,24-13-,44-35+,46-30-,49-14+. The van der Waals surface area contributed by atoms with Crippen LogP contribution in [-0.2, 0) is 5.41 Å². The van der Waals surface area contributed by atoms with Gasteiger partial charge in [-0.05, 0) is 192 Å². The Labute approximate surface area is 373 Å². The Hall–Kier alpha value is -6.18. The Kier molecular flexibility index (Phi) is 13.3. The lowest BCUT2D eigenvalue weighted by molar-refractivity contribution is 0.600. The lowest BCUT2D eigenvalue weighted by Gasteiger charge is -2.30. The van der Waals surface area contributed by atoms with Gasteiger partial charge in [0.15, 0.2) is 0 Å². The first-order valence-electron chi connectivity index (χ1n) is 22.6. The van der Waals surface area contributed by atoms with Crippen LogP contribution >= 0.6 is 0 Å². The molecule has 0 saturated heterocycles. The van der Waals surface area contributed by atoms with Crippen LogP contribution in [-0.4, -0.2) is 0 Å². The third kappa shape index (κ3) is 8.51. The molecule has 7 rings (SSSR count). The number of hydrogen-bond acceptors (Lipinski definition) is 1. The highest BCUT2D eigenvalue weighted by Gasteiger charge is 2.42. The molecule has 3 aromatic carbocycles. The lowest BCUT2D eigenvalue weighted by Crippen LogP contribution is -2.20. The molecule has 0 amide bonds. The van der Waals surface area contributed by atoms with Gasteiger partial charge in [0.1, 0.15) is 0 Å². The Bertz CT molecular complexity index is 2670. The van der Waals surface area contributed by atoms with Gasteiger partial charge in [-0.25, -0.2) is 0 Å². The zero-order valence-electron chi connectivity index (χ0n) is 38.5. The predicted octanol–water partition coefficient (Wildman–Crippen LogP) is 17.4. The van der Waals surface area contributed by atoms with Crippen LogP contribution < -0.4 is 5.32 Å². The molecule has 314 valence electrons. The summed E-state index contributed by atoms with van der Waals surface area (Å²) in [4.78, 5) is 0. The predicted molar refractivity (Wildman–Crippen MR) is 273 cm³/mol. The Balaban J connectivity index is 1.32. The summed E-state index contributed by atoms with van der Waals surface area (Å²) in [6.07, 6.45) is 33.9. The molecule has 0 heterocycles. The van der Waals surface area contributed by atoms with Crippen molar-refractivity contribution in [3.8, 4) is 11.1 Å². The van der Waals surface area contributed by atoms with Gasteiger partial charge >= 0.3 is 0 Å². The summed E-state index contributed by atoms with van der Waals surface area (Å²) >= 11 is 0. The largest absolute Gasteiger partial charge is 0.355 e. The quantitative estimate of drug-likeness (QED) is 0.180. The average molecular weight is 812 g/mol. The van der Waals surface area contributed by atoms with E-state index in [9.17, 15) is 0 Å². The van der Waals surface area contributed by atoms with Crippen molar-refractivity contribution in [3.63, 3.8) is 0 Å². The number of allylic oxidation sites excluding steroid dienone is 25. The van der Waals surface area contributed by atoms with Crippen molar-refractivity contribution >= 4 is 22.5 Å². The first-order valence-corrected chi connectivity index (χ1v) is 22.6. The molecule has 0 saturated carbocycles. The number of hydrogen-bond donors (Lipinski definition) is 1. The summed E-state index contributed by atoms with van der Waals surface area (Å²) in [6.45, 7) is 31.5. The molecule has 4 aliphatic carbocycles. The molecule has 0 spiro atoms. The molecule has 1 heteroatoms. The zero-order chi connectivity index (χ0) is 44.1. The van der Waals surface area contributed by atoms with Crippen LogP contribution in [0.4, 0.5) is 11.4 Å². The van der Waals surface area contributed by atoms with Crippen molar-refractivity contribution in [2.24, 2.45) is 5.92 Å². The van der Waals surface area contributed by atoms with E-state index in [1.54, 1.807) is 0 Å². The third-order valence-electron chi connectivity index (χ3n) is 13.3. The van der Waals surface area contributed by atoms with Crippen LogP contribution in [0.5, 0.6) is 0 Å². The molecule has 3 aromatic rings. The first-order chi connectivity index (χ1) is 29.9. The molecule has 4 aliphatic rings. The fraction of sp³-hybridized carbons (Fsp3) is 0.246. The number of benzene rings is 3. The summed E-state index contributed by atoms with van der Waals surface area (Å²) in [6, 6.07) is 22.1. The van der Waals surface area contributed by atoms with Crippen molar-refractivity contribution in [1.29, 1.82) is 0 Å². The van der Waals surface area contributed by atoms with Crippen molar-refractivity contribution in [2.75, 3.05) is 5.32 Å². The number of rotatable bonds is 12. The molecule has 1 nitrogen and oxygen atoms in total. The molecule has 0 aromatic heterocycles. The van der Waals surface area contributed by atoms with Gasteiger partial charge in [-0.3, -0.25) is 0 Å². The van der Waals surface area contributed by atoms with E-state index < -0.39 is 0 Å². The number of nitrogens with one attached hydrogen (secondary N) is 1. The highest BCUT2D eigenvalue weighted by Crippen LogP contribution is 2.56. The summed E-state index contributed by atoms with van der Waals surface area (Å²) < 4.78 is 0. The molecule has 1 atom stereocenters. The summed E-state index contributed by atoms with van der Waals surface area (Å²) in [5.41, 5.74) is 25.3. The van der Waals surface area contributed by atoms with Crippen molar-refractivity contribution in [3.05, 3.63) is 237 Å². The highest BCUT2D eigenvalue weighted by molar-refractivity contribution is 5.96. The molecule has 0 bridgehead atoms. The summed E-state index contributed by atoms with van der Waals surface area (Å²) in [5.74, 6) is 0.418. The van der Waals surface area contributed by atoms with Crippen LogP contribution in [0, 0.1) is 12.8 Å². The minimum absolute atomic E-state index is 0.0658. The van der Waals surface area contributed by atoms with Gasteiger partial charge in [-0.2, -0.15) is 0 Å². The lowest BCUT2D eigenvalue weighted by atomic mass is 9.74. The van der Waals surface area contributed by atoms with Gasteiger partial charge in [0.05, 0.1) is 0 Å². The van der Waals surface area contributed by atoms with Crippen LogP contribution in [0.25, 0.3) is 22.3 Å². The van der Waals surface area contributed by atoms with E-state index in [1.807, 2.05) is 6.08 Å². The maximum atomic E-state index is 4.76. The van der Waals surface area contributed by atoms with E-state index in [2.05, 4.69) is 207 Å². The summed E-state index contributed by atoms with van der Waals surface area (Å²) in [7, 11) is 0. The second-order valence-electron chi connectivity index (χ2n) is 17.7. The molecule has 1 unspecified atom stereocenters. The maximum absolute atomic E-state index is 4.76. The van der Waals surface area contributed by atoms with Crippen LogP contribution in [0.3, 0.4) is 0 Å². The normalized spacial score (nSPS) is 20.2. The molecule has 1 N–H and O–H groups in total. The highest BCUT2D eigenvalue weighted by atomic mass is 14.9. The molecule has 62 heavy (non-hydrogen) atoms. The third-order valence-corrected chi connectivity index (χ3v) is 13.3. The van der Waals surface area contributed by atoms with Crippen LogP contribution in [0.1, 0.15) is 103 Å². The van der Waals surface area contributed by atoms with Crippen LogP contribution in [0.2, 0.25) is 0 Å². The Morgan fingerprint density at radius 1 is 0.871 bits per heavy atom. The van der Waals surface area contributed by atoms with Crippen molar-refractivity contribution < 1.29 is 0 Å². The smallest absolute Gasteiger partial charge is 0.0464 e. The maximum Gasteiger partial charge on any atom is 0.0464 e. The monoisotopic (exact) mass is 812 g/mol. The first kappa shape index (κ1) is 43.9. The van der Waals surface area contributed by atoms with Gasteiger partial charge < -0.3 is 5.32 Å². The number of aryl methyl sites for hydroxylation is 1. The van der Waals surface area contributed by atoms with Gasteiger partial charge in [0, 0.05) is 22.4 Å². The Morgan fingerprint density at radius 3 is 2.34 bits per heavy atom. The van der Waals surface area contributed by atoms with E-state index in [0.717, 1.165) is 54.6 Å². The minimum atomic E-state index is -0.0658. The van der Waals surface area contributed by atoms with Crippen LogP contribution in [0.15, 0.2) is 215 Å². The SMILES string of the molecule is C=CC1=C(C2=C(C)C=CCC=C2)CCC2=C1c1cc(-c3ccc(Nc4ccccc4)c(C(=C)/C=C(\C=C/C)C/C=C4CC(C)C(/C=C\C)=C(C=C)C/4=C/C)c3)cc(C)c1C2(C)C. The van der Waals surface area contributed by atoms with Gasteiger partial charge in [-0.1, -0.05) is 155 Å². The van der Waals surface area contributed by atoms with E-state index in [4.69, 9.17) is 6.58 Å². The van der Waals surface area contributed by atoms with E-state index >= 15 is 0 Å². The molecule has 0 radical (unpaired) electrons. The number of para-hydroxylation sites is 1. The molecular weight excluding hydrogens is 747 g/mol. The van der Waals surface area contributed by atoms with Gasteiger partial charge in [0.2, 0.25) is 0 Å². The molecule has 0 aliphatic heterocycles. The second kappa shape index (κ2) is 18.8. The average Bonchev–Trinajstić information content (AvgIpc) is 3.35. The summed E-state index contributed by atoms with van der Waals surface area (Å²) in [5, 5.41) is 3.74. The fourth-order valence-electron chi connectivity index (χ4n) is 10.5.